The first-order valence-corrected chi connectivity index (χ1v) is 5.60. The van der Waals surface area contributed by atoms with Gasteiger partial charge in [-0.05, 0) is 29.2 Å². The summed E-state index contributed by atoms with van der Waals surface area (Å²) in [5.74, 6) is 0. The highest BCUT2D eigenvalue weighted by molar-refractivity contribution is 6.34. The first-order valence-electron chi connectivity index (χ1n) is 4.41. The zero-order valence-electron chi connectivity index (χ0n) is 8.44. The molecular weight excluding hydrogens is 238 g/mol. The van der Waals surface area contributed by atoms with E-state index in [2.05, 4.69) is 20.8 Å². The van der Waals surface area contributed by atoms with E-state index in [1.807, 2.05) is 6.07 Å². The van der Waals surface area contributed by atoms with E-state index in [1.165, 1.54) is 0 Å². The fourth-order valence-electron chi connectivity index (χ4n) is 1.18. The SMILES string of the molecule is CC(C)(C)C(Cl)c1cc(Cl)ccc1Cl. The lowest BCUT2D eigenvalue weighted by Crippen LogP contribution is -2.13. The van der Waals surface area contributed by atoms with Crippen molar-refractivity contribution < 1.29 is 0 Å². The molecule has 0 aliphatic rings. The van der Waals surface area contributed by atoms with Gasteiger partial charge in [0.2, 0.25) is 0 Å². The van der Waals surface area contributed by atoms with Crippen molar-refractivity contribution in [2.75, 3.05) is 0 Å². The van der Waals surface area contributed by atoms with Crippen molar-refractivity contribution in [1.82, 2.24) is 0 Å². The molecule has 78 valence electrons. The largest absolute Gasteiger partial charge is 0.117 e. The van der Waals surface area contributed by atoms with Crippen LogP contribution in [0.25, 0.3) is 0 Å². The van der Waals surface area contributed by atoms with E-state index in [-0.39, 0.29) is 10.8 Å². The van der Waals surface area contributed by atoms with Crippen LogP contribution in [0.1, 0.15) is 31.7 Å². The summed E-state index contributed by atoms with van der Waals surface area (Å²) in [5, 5.41) is 1.21. The summed E-state index contributed by atoms with van der Waals surface area (Å²) < 4.78 is 0. The smallest absolute Gasteiger partial charge is 0.0648 e. The van der Waals surface area contributed by atoms with Gasteiger partial charge in [0.25, 0.3) is 0 Å². The fourth-order valence-corrected chi connectivity index (χ4v) is 1.82. The third kappa shape index (κ3) is 2.79. The zero-order chi connectivity index (χ0) is 10.9. The van der Waals surface area contributed by atoms with E-state index in [9.17, 15) is 0 Å². The topological polar surface area (TPSA) is 0 Å². The van der Waals surface area contributed by atoms with E-state index in [0.717, 1.165) is 5.56 Å². The van der Waals surface area contributed by atoms with Gasteiger partial charge in [0, 0.05) is 10.0 Å². The number of rotatable bonds is 1. The lowest BCUT2D eigenvalue weighted by Gasteiger charge is -2.26. The molecule has 0 saturated heterocycles. The first-order chi connectivity index (χ1) is 6.32. The first kappa shape index (κ1) is 12.2. The second kappa shape index (κ2) is 4.30. The number of hydrogen-bond donors (Lipinski definition) is 0. The quantitative estimate of drug-likeness (QED) is 0.593. The van der Waals surface area contributed by atoms with Gasteiger partial charge in [-0.3, -0.25) is 0 Å². The highest BCUT2D eigenvalue weighted by Gasteiger charge is 2.25. The zero-order valence-corrected chi connectivity index (χ0v) is 10.7. The van der Waals surface area contributed by atoms with E-state index in [4.69, 9.17) is 34.8 Å². The molecule has 0 nitrogen and oxygen atoms in total. The van der Waals surface area contributed by atoms with Gasteiger partial charge in [0.05, 0.1) is 5.38 Å². The van der Waals surface area contributed by atoms with E-state index < -0.39 is 0 Å². The van der Waals surface area contributed by atoms with Gasteiger partial charge in [0.15, 0.2) is 0 Å². The Morgan fingerprint density at radius 1 is 1.14 bits per heavy atom. The van der Waals surface area contributed by atoms with Crippen LogP contribution < -0.4 is 0 Å². The number of hydrogen-bond acceptors (Lipinski definition) is 0. The molecule has 1 aromatic rings. The molecule has 0 saturated carbocycles. The molecule has 0 aliphatic heterocycles. The summed E-state index contributed by atoms with van der Waals surface area (Å²) in [5.41, 5.74) is 0.865. The van der Waals surface area contributed by atoms with Crippen LogP contribution in [0.2, 0.25) is 10.0 Å². The highest BCUT2D eigenvalue weighted by Crippen LogP contribution is 2.41. The molecule has 0 spiro atoms. The molecule has 0 radical (unpaired) electrons. The molecule has 0 aromatic heterocycles. The maximum Gasteiger partial charge on any atom is 0.0648 e. The van der Waals surface area contributed by atoms with Gasteiger partial charge in [0.1, 0.15) is 0 Å². The Bertz CT molecular complexity index is 326. The Balaban J connectivity index is 3.12. The number of alkyl halides is 1. The lowest BCUT2D eigenvalue weighted by atomic mass is 9.87. The molecule has 3 heteroatoms. The predicted octanol–water partition coefficient (Wildman–Crippen LogP) is 5.32. The molecule has 0 bridgehead atoms. The van der Waals surface area contributed by atoms with Crippen molar-refractivity contribution in [3.05, 3.63) is 33.8 Å². The van der Waals surface area contributed by atoms with Gasteiger partial charge in [-0.2, -0.15) is 0 Å². The maximum atomic E-state index is 6.32. The fraction of sp³-hybridized carbons (Fsp3) is 0.455. The van der Waals surface area contributed by atoms with Crippen molar-refractivity contribution in [1.29, 1.82) is 0 Å². The minimum Gasteiger partial charge on any atom is -0.117 e. The van der Waals surface area contributed by atoms with Crippen LogP contribution in [0.5, 0.6) is 0 Å². The van der Waals surface area contributed by atoms with Gasteiger partial charge in [-0.25, -0.2) is 0 Å². The Morgan fingerprint density at radius 2 is 1.71 bits per heavy atom. The third-order valence-corrected chi connectivity index (χ3v) is 3.46. The summed E-state index contributed by atoms with van der Waals surface area (Å²) in [4.78, 5) is 0. The minimum atomic E-state index is -0.131. The molecule has 1 unspecified atom stereocenters. The van der Waals surface area contributed by atoms with E-state index >= 15 is 0 Å². The second-order valence-electron chi connectivity index (χ2n) is 4.39. The summed E-state index contributed by atoms with van der Waals surface area (Å²) in [6.07, 6.45) is 0. The van der Waals surface area contributed by atoms with Crippen LogP contribution in [0, 0.1) is 5.41 Å². The molecule has 0 aliphatic carbocycles. The summed E-state index contributed by atoms with van der Waals surface area (Å²) in [6, 6.07) is 5.37. The summed E-state index contributed by atoms with van der Waals surface area (Å²) in [6.45, 7) is 6.21. The molecule has 0 amide bonds. The molecule has 0 heterocycles. The Kier molecular flexibility index (Phi) is 3.74. The van der Waals surface area contributed by atoms with Gasteiger partial charge >= 0.3 is 0 Å². The highest BCUT2D eigenvalue weighted by atomic mass is 35.5. The Hall–Kier alpha value is 0.0900. The van der Waals surface area contributed by atoms with Crippen molar-refractivity contribution in [2.24, 2.45) is 5.41 Å². The van der Waals surface area contributed by atoms with Crippen molar-refractivity contribution in [3.63, 3.8) is 0 Å². The summed E-state index contributed by atoms with van der Waals surface area (Å²) >= 11 is 18.3. The predicted molar refractivity (Wildman–Crippen MR) is 64.5 cm³/mol. The molecule has 1 aromatic carbocycles. The lowest BCUT2D eigenvalue weighted by molar-refractivity contribution is 0.396. The van der Waals surface area contributed by atoms with Crippen molar-refractivity contribution >= 4 is 34.8 Å². The van der Waals surface area contributed by atoms with Crippen LogP contribution in [0.15, 0.2) is 18.2 Å². The van der Waals surface area contributed by atoms with Gasteiger partial charge < -0.3 is 0 Å². The van der Waals surface area contributed by atoms with E-state index in [1.54, 1.807) is 12.1 Å². The van der Waals surface area contributed by atoms with E-state index in [0.29, 0.717) is 10.0 Å². The van der Waals surface area contributed by atoms with Crippen molar-refractivity contribution in [3.8, 4) is 0 Å². The van der Waals surface area contributed by atoms with Crippen LogP contribution in [-0.4, -0.2) is 0 Å². The molecule has 1 atom stereocenters. The summed E-state index contributed by atoms with van der Waals surface area (Å²) in [7, 11) is 0. The number of benzene rings is 1. The average Bonchev–Trinajstić information content (AvgIpc) is 2.06. The molecular formula is C11H13Cl3. The normalized spacial score (nSPS) is 14.1. The monoisotopic (exact) mass is 250 g/mol. The Labute approximate surface area is 100 Å². The second-order valence-corrected chi connectivity index (χ2v) is 5.67. The van der Waals surface area contributed by atoms with Crippen LogP contribution in [0.3, 0.4) is 0 Å². The van der Waals surface area contributed by atoms with Gasteiger partial charge in [-0.15, -0.1) is 11.6 Å². The minimum absolute atomic E-state index is 0.0319. The van der Waals surface area contributed by atoms with Crippen molar-refractivity contribution in [2.45, 2.75) is 26.1 Å². The third-order valence-electron chi connectivity index (χ3n) is 1.99. The Morgan fingerprint density at radius 3 is 2.21 bits per heavy atom. The molecule has 0 fully saturated rings. The van der Waals surface area contributed by atoms with Crippen LogP contribution in [0.4, 0.5) is 0 Å². The van der Waals surface area contributed by atoms with Crippen LogP contribution in [-0.2, 0) is 0 Å². The molecule has 14 heavy (non-hydrogen) atoms. The van der Waals surface area contributed by atoms with Crippen LogP contribution >= 0.6 is 34.8 Å². The van der Waals surface area contributed by atoms with Gasteiger partial charge in [-0.1, -0.05) is 44.0 Å². The molecule has 0 N–H and O–H groups in total. The number of halogens is 3. The standard InChI is InChI=1S/C11H13Cl3/c1-11(2,3)10(14)8-6-7(12)4-5-9(8)13/h4-6,10H,1-3H3. The molecule has 1 rings (SSSR count). The average molecular weight is 252 g/mol. The maximum absolute atomic E-state index is 6.32.